The number of halogens is 3. The lowest BCUT2D eigenvalue weighted by atomic mass is 9.96. The Morgan fingerprint density at radius 1 is 1.20 bits per heavy atom. The highest BCUT2D eigenvalue weighted by atomic mass is 35.5. The minimum atomic E-state index is -0.374. The Bertz CT molecular complexity index is 1050. The number of aromatic nitrogens is 2. The van der Waals surface area contributed by atoms with Crippen molar-refractivity contribution in [3.8, 4) is 11.4 Å². The molecule has 3 aromatic rings. The Morgan fingerprint density at radius 3 is 2.73 bits per heavy atom. The zero-order valence-corrected chi connectivity index (χ0v) is 17.5. The van der Waals surface area contributed by atoms with E-state index in [1.807, 2.05) is 0 Å². The number of anilines is 1. The number of piperidine rings is 1. The number of hydrogen-bond donors (Lipinski definition) is 1. The molecule has 0 aliphatic carbocycles. The van der Waals surface area contributed by atoms with Gasteiger partial charge in [0.25, 0.3) is 0 Å². The number of carbonyl (C=O) groups is 1. The number of nitrogens with one attached hydrogen (secondary N) is 1. The number of amides is 1. The van der Waals surface area contributed by atoms with E-state index in [1.165, 1.54) is 12.1 Å². The molecule has 9 heteroatoms. The lowest BCUT2D eigenvalue weighted by Gasteiger charge is -2.30. The zero-order valence-electron chi connectivity index (χ0n) is 15.9. The SMILES string of the molecule is O=C(Nc1cccc(F)c1)C1CCN(Cc2nc(-c3ccc(Cl)cc3Cl)no2)CC1. The van der Waals surface area contributed by atoms with Gasteiger partial charge in [-0.1, -0.05) is 34.4 Å². The Kier molecular flexibility index (Phi) is 6.32. The fraction of sp³-hybridized carbons (Fsp3) is 0.286. The van der Waals surface area contributed by atoms with Crippen molar-refractivity contribution in [2.24, 2.45) is 5.92 Å². The van der Waals surface area contributed by atoms with Crippen LogP contribution >= 0.6 is 23.2 Å². The van der Waals surface area contributed by atoms with E-state index in [0.717, 1.165) is 13.1 Å². The fourth-order valence-corrected chi connectivity index (χ4v) is 3.95. The van der Waals surface area contributed by atoms with Gasteiger partial charge in [-0.2, -0.15) is 4.98 Å². The van der Waals surface area contributed by atoms with Gasteiger partial charge in [0, 0.05) is 22.2 Å². The highest BCUT2D eigenvalue weighted by Crippen LogP contribution is 2.29. The highest BCUT2D eigenvalue weighted by molar-refractivity contribution is 6.36. The van der Waals surface area contributed by atoms with Crippen LogP contribution in [0, 0.1) is 11.7 Å². The molecule has 0 bridgehead atoms. The summed E-state index contributed by atoms with van der Waals surface area (Å²) in [6, 6.07) is 11.0. The van der Waals surface area contributed by atoms with Crippen LogP contribution < -0.4 is 5.32 Å². The Hall–Kier alpha value is -2.48. The summed E-state index contributed by atoms with van der Waals surface area (Å²) in [6.07, 6.45) is 1.40. The molecule has 0 unspecified atom stereocenters. The number of rotatable bonds is 5. The average molecular weight is 449 g/mol. The van der Waals surface area contributed by atoms with Crippen LogP contribution in [0.3, 0.4) is 0 Å². The van der Waals surface area contributed by atoms with Gasteiger partial charge in [-0.05, 0) is 62.3 Å². The van der Waals surface area contributed by atoms with E-state index in [0.29, 0.717) is 52.4 Å². The summed E-state index contributed by atoms with van der Waals surface area (Å²) in [5.41, 5.74) is 1.13. The highest BCUT2D eigenvalue weighted by Gasteiger charge is 2.26. The molecule has 4 rings (SSSR count). The first-order valence-corrected chi connectivity index (χ1v) is 10.3. The fourth-order valence-electron chi connectivity index (χ4n) is 3.45. The van der Waals surface area contributed by atoms with Gasteiger partial charge in [0.2, 0.25) is 17.6 Å². The Labute approximate surface area is 183 Å². The van der Waals surface area contributed by atoms with E-state index < -0.39 is 0 Å². The second-order valence-electron chi connectivity index (χ2n) is 7.19. The van der Waals surface area contributed by atoms with Crippen LogP contribution in [0.1, 0.15) is 18.7 Å². The van der Waals surface area contributed by atoms with E-state index in [9.17, 15) is 9.18 Å². The molecular weight excluding hydrogens is 430 g/mol. The van der Waals surface area contributed by atoms with Crippen LogP contribution in [-0.4, -0.2) is 34.0 Å². The van der Waals surface area contributed by atoms with Gasteiger partial charge in [0.15, 0.2) is 0 Å². The standard InChI is InChI=1S/C21H19Cl2FN4O2/c22-14-4-5-17(18(23)10-14)20-26-19(30-27-20)12-28-8-6-13(7-9-28)21(29)25-16-3-1-2-15(24)11-16/h1-5,10-11,13H,6-9,12H2,(H,25,29). The van der Waals surface area contributed by atoms with Crippen LogP contribution in [-0.2, 0) is 11.3 Å². The van der Waals surface area contributed by atoms with Crippen molar-refractivity contribution in [1.29, 1.82) is 0 Å². The van der Waals surface area contributed by atoms with E-state index in [4.69, 9.17) is 27.7 Å². The first-order valence-electron chi connectivity index (χ1n) is 9.55. The van der Waals surface area contributed by atoms with Gasteiger partial charge >= 0.3 is 0 Å². The van der Waals surface area contributed by atoms with Crippen molar-refractivity contribution in [2.45, 2.75) is 19.4 Å². The minimum absolute atomic E-state index is 0.0855. The second-order valence-corrected chi connectivity index (χ2v) is 8.03. The van der Waals surface area contributed by atoms with Crippen molar-refractivity contribution in [1.82, 2.24) is 15.0 Å². The summed E-state index contributed by atoms with van der Waals surface area (Å²) in [5, 5.41) is 7.79. The first-order chi connectivity index (χ1) is 14.5. The molecule has 6 nitrogen and oxygen atoms in total. The largest absolute Gasteiger partial charge is 0.338 e. The lowest BCUT2D eigenvalue weighted by molar-refractivity contribution is -0.121. The first kappa shape index (κ1) is 20.8. The van der Waals surface area contributed by atoms with Crippen LogP contribution in [0.5, 0.6) is 0 Å². The minimum Gasteiger partial charge on any atom is -0.338 e. The smallest absolute Gasteiger partial charge is 0.241 e. The zero-order chi connectivity index (χ0) is 21.1. The summed E-state index contributed by atoms with van der Waals surface area (Å²) in [6.45, 7) is 1.94. The topological polar surface area (TPSA) is 71.3 Å². The maximum absolute atomic E-state index is 13.3. The van der Waals surface area contributed by atoms with Gasteiger partial charge < -0.3 is 9.84 Å². The van der Waals surface area contributed by atoms with Crippen molar-refractivity contribution < 1.29 is 13.7 Å². The molecule has 1 aromatic heterocycles. The molecule has 30 heavy (non-hydrogen) atoms. The molecule has 2 aromatic carbocycles. The van der Waals surface area contributed by atoms with Gasteiger partial charge in [-0.25, -0.2) is 4.39 Å². The number of nitrogens with zero attached hydrogens (tertiary/aromatic N) is 3. The molecule has 156 valence electrons. The monoisotopic (exact) mass is 448 g/mol. The molecule has 0 spiro atoms. The quantitative estimate of drug-likeness (QED) is 0.592. The van der Waals surface area contributed by atoms with Crippen LogP contribution in [0.15, 0.2) is 47.0 Å². The molecule has 1 aliphatic rings. The van der Waals surface area contributed by atoms with Crippen LogP contribution in [0.25, 0.3) is 11.4 Å². The molecule has 1 fully saturated rings. The summed E-state index contributed by atoms with van der Waals surface area (Å²) in [4.78, 5) is 19.0. The van der Waals surface area contributed by atoms with Crippen molar-refractivity contribution >= 4 is 34.8 Å². The van der Waals surface area contributed by atoms with E-state index in [1.54, 1.807) is 30.3 Å². The van der Waals surface area contributed by atoms with E-state index >= 15 is 0 Å². The lowest BCUT2D eigenvalue weighted by Crippen LogP contribution is -2.37. The number of carbonyl (C=O) groups excluding carboxylic acids is 1. The molecule has 0 radical (unpaired) electrons. The Balaban J connectivity index is 1.31. The van der Waals surface area contributed by atoms with E-state index in [-0.39, 0.29) is 17.6 Å². The summed E-state index contributed by atoms with van der Waals surface area (Å²) in [5.74, 6) is 0.324. The average Bonchev–Trinajstić information content (AvgIpc) is 3.16. The molecule has 0 saturated carbocycles. The molecular formula is C21H19Cl2FN4O2. The van der Waals surface area contributed by atoms with Gasteiger partial charge in [0.05, 0.1) is 11.6 Å². The van der Waals surface area contributed by atoms with Crippen LogP contribution in [0.4, 0.5) is 10.1 Å². The predicted molar refractivity (Wildman–Crippen MR) is 113 cm³/mol. The Morgan fingerprint density at radius 2 is 2.00 bits per heavy atom. The van der Waals surface area contributed by atoms with Gasteiger partial charge in [0.1, 0.15) is 5.82 Å². The number of likely N-dealkylation sites (tertiary alicyclic amines) is 1. The number of hydrogen-bond acceptors (Lipinski definition) is 5. The van der Waals surface area contributed by atoms with Gasteiger partial charge in [-0.15, -0.1) is 0 Å². The summed E-state index contributed by atoms with van der Waals surface area (Å²) in [7, 11) is 0. The normalized spacial score (nSPS) is 15.3. The molecule has 1 amide bonds. The molecule has 1 saturated heterocycles. The molecule has 1 aliphatic heterocycles. The van der Waals surface area contributed by atoms with Crippen molar-refractivity contribution in [3.63, 3.8) is 0 Å². The van der Waals surface area contributed by atoms with Gasteiger partial charge in [-0.3, -0.25) is 9.69 Å². The van der Waals surface area contributed by atoms with E-state index in [2.05, 4.69) is 20.4 Å². The molecule has 2 heterocycles. The molecule has 1 N–H and O–H groups in total. The third-order valence-corrected chi connectivity index (χ3v) is 5.60. The maximum Gasteiger partial charge on any atom is 0.241 e. The van der Waals surface area contributed by atoms with Crippen molar-refractivity contribution in [3.05, 3.63) is 64.2 Å². The maximum atomic E-state index is 13.3. The summed E-state index contributed by atoms with van der Waals surface area (Å²) < 4.78 is 18.6. The van der Waals surface area contributed by atoms with Crippen LogP contribution in [0.2, 0.25) is 10.0 Å². The summed E-state index contributed by atoms with van der Waals surface area (Å²) >= 11 is 12.1. The predicted octanol–water partition coefficient (Wildman–Crippen LogP) is 5.03. The third-order valence-electron chi connectivity index (χ3n) is 5.05. The number of benzene rings is 2. The molecule has 0 atom stereocenters. The third kappa shape index (κ3) is 4.98. The van der Waals surface area contributed by atoms with Crippen molar-refractivity contribution in [2.75, 3.05) is 18.4 Å². The second kappa shape index (κ2) is 9.12.